The fraction of sp³-hybridized carbons (Fsp3) is 0.750. The Morgan fingerprint density at radius 2 is 2.30 bits per heavy atom. The van der Waals surface area contributed by atoms with Crippen LogP contribution in [0.4, 0.5) is 0 Å². The van der Waals surface area contributed by atoms with E-state index in [0.29, 0.717) is 11.8 Å². The molecule has 0 radical (unpaired) electrons. The lowest BCUT2D eigenvalue weighted by molar-refractivity contribution is 0.656. The van der Waals surface area contributed by atoms with E-state index in [9.17, 15) is 0 Å². The van der Waals surface area contributed by atoms with Gasteiger partial charge in [-0.3, -0.25) is 4.99 Å². The van der Waals surface area contributed by atoms with E-state index < -0.39 is 0 Å². The highest BCUT2D eigenvalue weighted by molar-refractivity contribution is 6.27. The molecule has 1 aliphatic carbocycles. The van der Waals surface area contributed by atoms with Gasteiger partial charge in [0.25, 0.3) is 0 Å². The van der Waals surface area contributed by atoms with Gasteiger partial charge in [0, 0.05) is 18.0 Å². The highest BCUT2D eigenvalue weighted by atomic mass is 14.8. The van der Waals surface area contributed by atoms with Gasteiger partial charge in [-0.2, -0.15) is 0 Å². The molecule has 0 aliphatic heterocycles. The zero-order chi connectivity index (χ0) is 7.56. The fourth-order valence-electron chi connectivity index (χ4n) is 0.930. The minimum Gasteiger partial charge on any atom is -0.304 e. The molecule has 1 aliphatic rings. The quantitative estimate of drug-likeness (QED) is 0.578. The summed E-state index contributed by atoms with van der Waals surface area (Å²) in [7, 11) is 0. The van der Waals surface area contributed by atoms with Gasteiger partial charge in [0.2, 0.25) is 0 Å². The predicted molar refractivity (Wildman–Crippen MR) is 44.1 cm³/mol. The van der Waals surface area contributed by atoms with Gasteiger partial charge in [0.15, 0.2) is 0 Å². The maximum absolute atomic E-state index is 7.10. The molecule has 1 fully saturated rings. The predicted octanol–water partition coefficient (Wildman–Crippen LogP) is 1.90. The summed E-state index contributed by atoms with van der Waals surface area (Å²) >= 11 is 0. The average Bonchev–Trinajstić information content (AvgIpc) is 2.63. The minimum atomic E-state index is 0.445. The Labute approximate surface area is 61.9 Å². The zero-order valence-corrected chi connectivity index (χ0v) is 6.59. The first-order chi connectivity index (χ1) is 4.70. The maximum atomic E-state index is 7.10. The van der Waals surface area contributed by atoms with Gasteiger partial charge in [0.05, 0.1) is 0 Å². The van der Waals surface area contributed by atoms with Crippen LogP contribution < -0.4 is 0 Å². The van der Waals surface area contributed by atoms with Crippen molar-refractivity contribution in [3.05, 3.63) is 0 Å². The van der Waals surface area contributed by atoms with Crippen molar-refractivity contribution in [2.75, 3.05) is 0 Å². The molecule has 1 rings (SSSR count). The Morgan fingerprint density at radius 3 is 2.70 bits per heavy atom. The smallest absolute Gasteiger partial charge is 0.0500 e. The Hall–Kier alpha value is -0.660. The summed E-state index contributed by atoms with van der Waals surface area (Å²) in [4.78, 5) is 4.24. The van der Waals surface area contributed by atoms with Crippen molar-refractivity contribution in [2.24, 2.45) is 10.9 Å². The number of hydrogen-bond acceptors (Lipinski definition) is 2. The molecule has 1 N–H and O–H groups in total. The van der Waals surface area contributed by atoms with Crippen molar-refractivity contribution in [2.45, 2.75) is 32.7 Å². The molecule has 0 aromatic heterocycles. The second-order valence-corrected chi connectivity index (χ2v) is 3.04. The summed E-state index contributed by atoms with van der Waals surface area (Å²) in [6.07, 6.45) is 4.31. The fourth-order valence-corrected chi connectivity index (χ4v) is 0.930. The van der Waals surface area contributed by atoms with E-state index in [1.807, 2.05) is 0 Å². The van der Waals surface area contributed by atoms with Gasteiger partial charge in [-0.25, -0.2) is 0 Å². The van der Waals surface area contributed by atoms with Gasteiger partial charge >= 0.3 is 0 Å². The van der Waals surface area contributed by atoms with Crippen LogP contribution in [0, 0.1) is 11.3 Å². The number of hydrogen-bond donors (Lipinski definition) is 1. The van der Waals surface area contributed by atoms with Crippen molar-refractivity contribution in [1.82, 2.24) is 0 Å². The molecule has 0 saturated heterocycles. The second kappa shape index (κ2) is 2.95. The van der Waals surface area contributed by atoms with Crippen LogP contribution in [0.3, 0.4) is 0 Å². The van der Waals surface area contributed by atoms with E-state index in [1.165, 1.54) is 12.8 Å². The van der Waals surface area contributed by atoms with Crippen LogP contribution >= 0.6 is 0 Å². The van der Waals surface area contributed by atoms with E-state index in [2.05, 4.69) is 11.9 Å². The van der Waals surface area contributed by atoms with Gasteiger partial charge in [0.1, 0.15) is 0 Å². The number of nitrogens with zero attached hydrogens (tertiary/aromatic N) is 1. The van der Waals surface area contributed by atoms with Crippen LogP contribution in [0.1, 0.15) is 26.7 Å². The highest BCUT2D eigenvalue weighted by Crippen LogP contribution is 2.33. The molecule has 0 spiro atoms. The van der Waals surface area contributed by atoms with Gasteiger partial charge in [-0.15, -0.1) is 0 Å². The van der Waals surface area contributed by atoms with E-state index >= 15 is 0 Å². The van der Waals surface area contributed by atoms with Crippen LogP contribution in [0.5, 0.6) is 0 Å². The van der Waals surface area contributed by atoms with Crippen molar-refractivity contribution in [3.63, 3.8) is 0 Å². The third-order valence-corrected chi connectivity index (χ3v) is 1.81. The molecule has 0 bridgehead atoms. The molecule has 1 atom stereocenters. The summed E-state index contributed by atoms with van der Waals surface area (Å²) in [6, 6.07) is 0.445. The van der Waals surface area contributed by atoms with E-state index in [4.69, 9.17) is 5.41 Å². The van der Waals surface area contributed by atoms with E-state index in [1.54, 1.807) is 13.1 Å². The van der Waals surface area contributed by atoms with E-state index in [0.717, 1.165) is 5.92 Å². The molecule has 0 heterocycles. The van der Waals surface area contributed by atoms with Crippen molar-refractivity contribution in [1.29, 1.82) is 5.41 Å². The molecule has 1 saturated carbocycles. The largest absolute Gasteiger partial charge is 0.304 e. The summed E-state index contributed by atoms with van der Waals surface area (Å²) in [5.74, 6) is 0.815. The Kier molecular flexibility index (Phi) is 2.20. The molecule has 0 aromatic rings. The van der Waals surface area contributed by atoms with Crippen molar-refractivity contribution >= 4 is 11.9 Å². The highest BCUT2D eigenvalue weighted by Gasteiger charge is 2.26. The van der Waals surface area contributed by atoms with Crippen LogP contribution in [0.2, 0.25) is 0 Å². The second-order valence-electron chi connectivity index (χ2n) is 3.04. The average molecular weight is 138 g/mol. The first kappa shape index (κ1) is 7.45. The molecular formula is C8H14N2. The van der Waals surface area contributed by atoms with Gasteiger partial charge in [-0.05, 0) is 32.6 Å². The summed E-state index contributed by atoms with van der Waals surface area (Å²) in [5.41, 5.74) is 0.549. The Balaban J connectivity index is 2.28. The molecular weight excluding hydrogens is 124 g/mol. The van der Waals surface area contributed by atoms with Crippen LogP contribution in [-0.2, 0) is 0 Å². The molecule has 10 heavy (non-hydrogen) atoms. The van der Waals surface area contributed by atoms with Crippen LogP contribution in [0.25, 0.3) is 0 Å². The molecule has 0 aromatic carbocycles. The normalized spacial score (nSPS) is 21.4. The van der Waals surface area contributed by atoms with Crippen LogP contribution in [-0.4, -0.2) is 18.0 Å². The lowest BCUT2D eigenvalue weighted by Gasteiger charge is -2.00. The third-order valence-electron chi connectivity index (χ3n) is 1.81. The standard InChI is InChI=1S/C8H14N2/c1-6(9)5-10-7(2)8-3-4-8/h5,7-9H,3-4H2,1-2H3. The SMILES string of the molecule is CC(=N)C=NC(C)C1CC1. The lowest BCUT2D eigenvalue weighted by Crippen LogP contribution is -2.02. The molecule has 56 valence electrons. The number of nitrogens with one attached hydrogen (secondary N) is 1. The Bertz CT molecular complexity index is 157. The summed E-state index contributed by atoms with van der Waals surface area (Å²) < 4.78 is 0. The molecule has 0 amide bonds. The minimum absolute atomic E-state index is 0.445. The number of rotatable bonds is 3. The first-order valence-electron chi connectivity index (χ1n) is 3.78. The topological polar surface area (TPSA) is 36.2 Å². The Morgan fingerprint density at radius 1 is 1.70 bits per heavy atom. The molecule has 2 heteroatoms. The number of aliphatic imine (C=N–C) groups is 1. The third kappa shape index (κ3) is 2.29. The van der Waals surface area contributed by atoms with Crippen molar-refractivity contribution < 1.29 is 0 Å². The summed E-state index contributed by atoms with van der Waals surface area (Å²) in [5, 5.41) is 7.10. The zero-order valence-electron chi connectivity index (χ0n) is 6.59. The molecule has 2 nitrogen and oxygen atoms in total. The van der Waals surface area contributed by atoms with Gasteiger partial charge in [-0.1, -0.05) is 0 Å². The summed E-state index contributed by atoms with van der Waals surface area (Å²) in [6.45, 7) is 3.88. The van der Waals surface area contributed by atoms with Crippen molar-refractivity contribution in [3.8, 4) is 0 Å². The lowest BCUT2D eigenvalue weighted by atomic mass is 10.2. The van der Waals surface area contributed by atoms with Crippen LogP contribution in [0.15, 0.2) is 4.99 Å². The van der Waals surface area contributed by atoms with E-state index in [-0.39, 0.29) is 0 Å². The maximum Gasteiger partial charge on any atom is 0.0500 e. The molecule has 1 unspecified atom stereocenters. The monoisotopic (exact) mass is 138 g/mol. The first-order valence-corrected chi connectivity index (χ1v) is 3.78. The van der Waals surface area contributed by atoms with Gasteiger partial charge < -0.3 is 5.41 Å².